The predicted octanol–water partition coefficient (Wildman–Crippen LogP) is 3.96. The molecule has 3 aromatic rings. The molecule has 0 radical (unpaired) electrons. The minimum Gasteiger partial charge on any atom is -0.383 e. The van der Waals surface area contributed by atoms with Gasteiger partial charge in [0.05, 0.1) is 5.69 Å². The van der Waals surface area contributed by atoms with Crippen LogP contribution < -0.4 is 10.9 Å². The van der Waals surface area contributed by atoms with Crippen LogP contribution in [0.3, 0.4) is 0 Å². The van der Waals surface area contributed by atoms with E-state index in [-0.39, 0.29) is 5.56 Å². The summed E-state index contributed by atoms with van der Waals surface area (Å²) in [6.45, 7) is 6.95. The zero-order valence-corrected chi connectivity index (χ0v) is 17.9. The fraction of sp³-hybridized carbons (Fsp3) is 0.292. The predicted molar refractivity (Wildman–Crippen MR) is 124 cm³/mol. The highest BCUT2D eigenvalue weighted by Gasteiger charge is 2.07. The molecule has 6 nitrogen and oxygen atoms in total. The van der Waals surface area contributed by atoms with E-state index in [2.05, 4.69) is 29.2 Å². The minimum atomic E-state index is -0.132. The first-order valence-electron chi connectivity index (χ1n) is 10.2. The topological polar surface area (TPSA) is 74.0 Å². The Balaban J connectivity index is 1.79. The van der Waals surface area contributed by atoms with Gasteiger partial charge in [0.15, 0.2) is 0 Å². The number of nitrogens with one attached hydrogen (secondary N) is 2. The van der Waals surface area contributed by atoms with Crippen LogP contribution in [0.2, 0.25) is 0 Å². The van der Waals surface area contributed by atoms with Gasteiger partial charge in [-0.25, -0.2) is 0 Å². The SMILES string of the molecule is CCCN(C)CCNc1ccc(-n2ccc(-c3ccc(C)cn3)cc2=O)cc1C=N. The average Bonchev–Trinajstić information content (AvgIpc) is 2.74. The van der Waals surface area contributed by atoms with Crippen LogP contribution in [0.15, 0.2) is 59.7 Å². The maximum Gasteiger partial charge on any atom is 0.255 e. The van der Waals surface area contributed by atoms with Gasteiger partial charge in [-0.15, -0.1) is 0 Å². The molecule has 0 aliphatic heterocycles. The number of likely N-dealkylation sites (N-methyl/N-ethyl adjacent to an activating group) is 1. The second-order valence-electron chi connectivity index (χ2n) is 7.49. The number of aromatic nitrogens is 2. The van der Waals surface area contributed by atoms with E-state index in [1.807, 2.05) is 43.3 Å². The molecule has 0 fully saturated rings. The third kappa shape index (κ3) is 5.21. The molecule has 30 heavy (non-hydrogen) atoms. The van der Waals surface area contributed by atoms with Crippen LogP contribution >= 0.6 is 0 Å². The molecular weight excluding hydrogens is 374 g/mol. The van der Waals surface area contributed by atoms with Crippen molar-refractivity contribution >= 4 is 11.9 Å². The van der Waals surface area contributed by atoms with Crippen LogP contribution in [-0.4, -0.2) is 47.3 Å². The molecule has 0 saturated heterocycles. The zero-order valence-electron chi connectivity index (χ0n) is 17.9. The lowest BCUT2D eigenvalue weighted by Crippen LogP contribution is -2.26. The molecule has 3 rings (SSSR count). The Labute approximate surface area is 177 Å². The van der Waals surface area contributed by atoms with Crippen molar-refractivity contribution in [2.45, 2.75) is 20.3 Å². The number of rotatable bonds is 9. The van der Waals surface area contributed by atoms with Gasteiger partial charge < -0.3 is 15.6 Å². The number of aryl methyl sites for hydroxylation is 1. The Bertz CT molecular complexity index is 1060. The molecule has 0 amide bonds. The molecule has 2 aromatic heterocycles. The molecule has 0 aliphatic rings. The molecule has 1 aromatic carbocycles. The third-order valence-corrected chi connectivity index (χ3v) is 5.01. The summed E-state index contributed by atoms with van der Waals surface area (Å²) < 4.78 is 1.59. The average molecular weight is 404 g/mol. The van der Waals surface area contributed by atoms with Crippen molar-refractivity contribution in [3.05, 3.63) is 76.3 Å². The summed E-state index contributed by atoms with van der Waals surface area (Å²) in [5, 5.41) is 11.2. The van der Waals surface area contributed by atoms with Gasteiger partial charge in [-0.3, -0.25) is 14.3 Å². The highest BCUT2D eigenvalue weighted by Crippen LogP contribution is 2.19. The lowest BCUT2D eigenvalue weighted by Gasteiger charge is -2.17. The van der Waals surface area contributed by atoms with Crippen molar-refractivity contribution in [1.29, 1.82) is 5.41 Å². The normalized spacial score (nSPS) is 10.9. The molecule has 2 heterocycles. The fourth-order valence-electron chi connectivity index (χ4n) is 3.35. The molecule has 0 spiro atoms. The van der Waals surface area contributed by atoms with Crippen molar-refractivity contribution in [2.75, 3.05) is 32.0 Å². The Morgan fingerprint density at radius 1 is 1.17 bits per heavy atom. The van der Waals surface area contributed by atoms with Crippen LogP contribution in [-0.2, 0) is 0 Å². The monoisotopic (exact) mass is 403 g/mol. The van der Waals surface area contributed by atoms with Crippen molar-refractivity contribution in [1.82, 2.24) is 14.5 Å². The summed E-state index contributed by atoms with van der Waals surface area (Å²) in [5.41, 5.74) is 4.89. The van der Waals surface area contributed by atoms with E-state index >= 15 is 0 Å². The maximum atomic E-state index is 12.7. The van der Waals surface area contributed by atoms with Gasteiger partial charge in [-0.2, -0.15) is 0 Å². The second kappa shape index (κ2) is 9.98. The highest BCUT2D eigenvalue weighted by molar-refractivity contribution is 5.86. The quantitative estimate of drug-likeness (QED) is 0.531. The largest absolute Gasteiger partial charge is 0.383 e. The van der Waals surface area contributed by atoms with Crippen LogP contribution in [0, 0.1) is 12.3 Å². The van der Waals surface area contributed by atoms with E-state index in [9.17, 15) is 4.79 Å². The number of hydrogen-bond donors (Lipinski definition) is 2. The lowest BCUT2D eigenvalue weighted by molar-refractivity contribution is 0.348. The third-order valence-electron chi connectivity index (χ3n) is 5.01. The van der Waals surface area contributed by atoms with E-state index in [0.717, 1.165) is 59.8 Å². The number of benzene rings is 1. The molecule has 0 aliphatic carbocycles. The van der Waals surface area contributed by atoms with Crippen molar-refractivity contribution < 1.29 is 0 Å². The fourth-order valence-corrected chi connectivity index (χ4v) is 3.35. The minimum absolute atomic E-state index is 0.132. The molecule has 6 heteroatoms. The smallest absolute Gasteiger partial charge is 0.255 e. The Hall–Kier alpha value is -3.25. The van der Waals surface area contributed by atoms with E-state index in [1.54, 1.807) is 23.0 Å². The zero-order chi connectivity index (χ0) is 21.5. The van der Waals surface area contributed by atoms with E-state index < -0.39 is 0 Å². The molecule has 0 bridgehead atoms. The molecular formula is C24H29N5O. The molecule has 0 unspecified atom stereocenters. The number of pyridine rings is 2. The van der Waals surface area contributed by atoms with Gasteiger partial charge >= 0.3 is 0 Å². The van der Waals surface area contributed by atoms with Crippen molar-refractivity contribution in [3.8, 4) is 16.9 Å². The molecule has 0 saturated carbocycles. The van der Waals surface area contributed by atoms with Gasteiger partial charge in [0.25, 0.3) is 5.56 Å². The Morgan fingerprint density at radius 2 is 2.00 bits per heavy atom. The standard InChI is InChI=1S/C24H29N5O/c1-4-11-28(3)13-10-26-23-8-6-21(14-20(23)16-25)29-12-9-19(15-24(29)30)22-7-5-18(2)17-27-22/h5-9,12,14-17,25-26H,4,10-11,13H2,1-3H3. The first kappa shape index (κ1) is 21.5. The van der Waals surface area contributed by atoms with Gasteiger partial charge in [0, 0.05) is 60.3 Å². The van der Waals surface area contributed by atoms with E-state index in [1.165, 1.54) is 6.21 Å². The number of hydrogen-bond acceptors (Lipinski definition) is 5. The van der Waals surface area contributed by atoms with Crippen molar-refractivity contribution in [3.63, 3.8) is 0 Å². The van der Waals surface area contributed by atoms with Gasteiger partial charge in [0.2, 0.25) is 0 Å². The summed E-state index contributed by atoms with van der Waals surface area (Å²) in [4.78, 5) is 19.4. The molecule has 0 atom stereocenters. The van der Waals surface area contributed by atoms with Crippen molar-refractivity contribution in [2.24, 2.45) is 0 Å². The summed E-state index contributed by atoms with van der Waals surface area (Å²) in [7, 11) is 2.11. The first-order valence-corrected chi connectivity index (χ1v) is 10.2. The van der Waals surface area contributed by atoms with E-state index in [4.69, 9.17) is 5.41 Å². The van der Waals surface area contributed by atoms with Crippen LogP contribution in [0.1, 0.15) is 24.5 Å². The molecule has 156 valence electrons. The van der Waals surface area contributed by atoms with Gasteiger partial charge in [0.1, 0.15) is 0 Å². The highest BCUT2D eigenvalue weighted by atomic mass is 16.1. The number of nitrogens with zero attached hydrogens (tertiary/aromatic N) is 3. The summed E-state index contributed by atoms with van der Waals surface area (Å²) in [6.07, 6.45) is 6.00. The van der Waals surface area contributed by atoms with Crippen LogP contribution in [0.4, 0.5) is 5.69 Å². The molecule has 2 N–H and O–H groups in total. The maximum absolute atomic E-state index is 12.7. The summed E-state index contributed by atoms with van der Waals surface area (Å²) >= 11 is 0. The van der Waals surface area contributed by atoms with Gasteiger partial charge in [-0.1, -0.05) is 13.0 Å². The summed E-state index contributed by atoms with van der Waals surface area (Å²) in [6, 6.07) is 13.1. The Kier molecular flexibility index (Phi) is 7.14. The van der Waals surface area contributed by atoms with E-state index in [0.29, 0.717) is 0 Å². The van der Waals surface area contributed by atoms with Crippen LogP contribution in [0.25, 0.3) is 16.9 Å². The number of anilines is 1. The summed E-state index contributed by atoms with van der Waals surface area (Å²) in [5.74, 6) is 0. The first-order chi connectivity index (χ1) is 14.5. The Morgan fingerprint density at radius 3 is 2.67 bits per heavy atom. The van der Waals surface area contributed by atoms with Crippen LogP contribution in [0.5, 0.6) is 0 Å². The van der Waals surface area contributed by atoms with Gasteiger partial charge in [-0.05, 0) is 62.8 Å². The lowest BCUT2D eigenvalue weighted by atomic mass is 10.1. The second-order valence-corrected chi connectivity index (χ2v) is 7.49.